The third kappa shape index (κ3) is 3.83. The van der Waals surface area contributed by atoms with E-state index >= 15 is 0 Å². The summed E-state index contributed by atoms with van der Waals surface area (Å²) in [5.74, 6) is 1.06. The largest absolute Gasteiger partial charge is 0.481 e. The van der Waals surface area contributed by atoms with Crippen LogP contribution in [0, 0.1) is 13.8 Å². The van der Waals surface area contributed by atoms with Crippen LogP contribution in [0.4, 0.5) is 0 Å². The van der Waals surface area contributed by atoms with E-state index in [2.05, 4.69) is 15.0 Å². The molecule has 0 fully saturated rings. The van der Waals surface area contributed by atoms with E-state index in [1.807, 2.05) is 32.0 Å². The lowest BCUT2D eigenvalue weighted by Crippen LogP contribution is -1.98. The molecule has 0 bridgehead atoms. The predicted molar refractivity (Wildman–Crippen MR) is 97.8 cm³/mol. The van der Waals surface area contributed by atoms with E-state index in [9.17, 15) is 0 Å². The minimum Gasteiger partial charge on any atom is -0.481 e. The normalized spacial score (nSPS) is 10.6. The van der Waals surface area contributed by atoms with E-state index in [4.69, 9.17) is 32.7 Å². The lowest BCUT2D eigenvalue weighted by atomic mass is 10.1. The molecule has 0 aliphatic rings. The van der Waals surface area contributed by atoms with Crippen molar-refractivity contribution < 1.29 is 9.47 Å². The van der Waals surface area contributed by atoms with Crippen LogP contribution in [0.1, 0.15) is 11.1 Å². The molecule has 0 radical (unpaired) electrons. The molecule has 0 N–H and O–H groups in total. The number of ether oxygens (including phenoxy) is 2. The van der Waals surface area contributed by atoms with E-state index in [-0.39, 0.29) is 11.2 Å². The first-order valence-corrected chi connectivity index (χ1v) is 8.22. The fourth-order valence-electron chi connectivity index (χ4n) is 2.34. The van der Waals surface area contributed by atoms with Crippen LogP contribution in [-0.2, 0) is 0 Å². The summed E-state index contributed by atoms with van der Waals surface area (Å²) in [6.07, 6.45) is 1.66. The highest BCUT2D eigenvalue weighted by Crippen LogP contribution is 2.32. The van der Waals surface area contributed by atoms with Crippen molar-refractivity contribution in [3.63, 3.8) is 0 Å². The van der Waals surface area contributed by atoms with Crippen LogP contribution < -0.4 is 9.47 Å². The van der Waals surface area contributed by atoms with Crippen molar-refractivity contribution in [3.05, 3.63) is 57.8 Å². The van der Waals surface area contributed by atoms with E-state index in [1.54, 1.807) is 25.4 Å². The second kappa shape index (κ2) is 7.25. The molecule has 1 aromatic carbocycles. The van der Waals surface area contributed by atoms with Gasteiger partial charge >= 0.3 is 6.01 Å². The summed E-state index contributed by atoms with van der Waals surface area (Å²) in [5, 5.41) is 0.741. The van der Waals surface area contributed by atoms with Crippen LogP contribution in [0.2, 0.25) is 10.2 Å². The number of hydrogen-bond donors (Lipinski definition) is 0. The highest BCUT2D eigenvalue weighted by molar-refractivity contribution is 6.32. The van der Waals surface area contributed by atoms with Gasteiger partial charge in [0.05, 0.1) is 17.8 Å². The fraction of sp³-hybridized carbons (Fsp3) is 0.167. The molecule has 128 valence electrons. The second-order valence-electron chi connectivity index (χ2n) is 5.40. The second-order valence-corrected chi connectivity index (χ2v) is 6.19. The topological polar surface area (TPSA) is 57.1 Å². The summed E-state index contributed by atoms with van der Waals surface area (Å²) in [7, 11) is 1.58. The van der Waals surface area contributed by atoms with Crippen LogP contribution in [-0.4, -0.2) is 22.1 Å². The third-order valence-corrected chi connectivity index (χ3v) is 4.04. The minimum atomic E-state index is 0.118. The summed E-state index contributed by atoms with van der Waals surface area (Å²) in [4.78, 5) is 12.8. The number of para-hydroxylation sites is 1. The molecule has 0 atom stereocenters. The summed E-state index contributed by atoms with van der Waals surface area (Å²) >= 11 is 12.3. The maximum atomic E-state index is 6.19. The van der Waals surface area contributed by atoms with Gasteiger partial charge in [-0.3, -0.25) is 0 Å². The van der Waals surface area contributed by atoms with Gasteiger partial charge in [0.1, 0.15) is 5.15 Å². The summed E-state index contributed by atoms with van der Waals surface area (Å²) in [5.41, 5.74) is 3.14. The van der Waals surface area contributed by atoms with Crippen molar-refractivity contribution in [2.45, 2.75) is 13.8 Å². The van der Waals surface area contributed by atoms with Gasteiger partial charge in [-0.25, -0.2) is 4.98 Å². The summed E-state index contributed by atoms with van der Waals surface area (Å²) in [6, 6.07) is 9.16. The van der Waals surface area contributed by atoms with Crippen molar-refractivity contribution in [3.8, 4) is 28.9 Å². The van der Waals surface area contributed by atoms with Gasteiger partial charge in [-0.05, 0) is 31.5 Å². The summed E-state index contributed by atoms with van der Waals surface area (Å²) in [6.45, 7) is 3.80. The Morgan fingerprint density at radius 2 is 1.80 bits per heavy atom. The molecule has 7 heteroatoms. The van der Waals surface area contributed by atoms with Crippen molar-refractivity contribution in [1.29, 1.82) is 0 Å². The van der Waals surface area contributed by atoms with Crippen molar-refractivity contribution in [2.75, 3.05) is 7.11 Å². The predicted octanol–water partition coefficient (Wildman–Crippen LogP) is 5.26. The molecule has 0 amide bonds. The van der Waals surface area contributed by atoms with Gasteiger partial charge in [0.15, 0.2) is 5.75 Å². The Labute approximate surface area is 155 Å². The lowest BCUT2D eigenvalue weighted by Gasteiger charge is -2.11. The van der Waals surface area contributed by atoms with Crippen LogP contribution in [0.5, 0.6) is 17.6 Å². The fourth-order valence-corrected chi connectivity index (χ4v) is 2.78. The van der Waals surface area contributed by atoms with Gasteiger partial charge in [0, 0.05) is 23.4 Å². The smallest absolute Gasteiger partial charge is 0.324 e. The molecule has 0 aliphatic carbocycles. The quantitative estimate of drug-likeness (QED) is 0.581. The first kappa shape index (κ1) is 17.5. The Morgan fingerprint density at radius 3 is 2.48 bits per heavy atom. The number of aryl methyl sites for hydroxylation is 2. The Balaban J connectivity index is 2.00. The van der Waals surface area contributed by atoms with Crippen molar-refractivity contribution in [2.24, 2.45) is 0 Å². The molecule has 0 spiro atoms. The Hall–Kier alpha value is -2.37. The Morgan fingerprint density at radius 1 is 1.00 bits per heavy atom. The lowest BCUT2D eigenvalue weighted by molar-refractivity contribution is 0.394. The minimum absolute atomic E-state index is 0.118. The number of pyridine rings is 1. The zero-order valence-electron chi connectivity index (χ0n) is 13.9. The number of nitrogens with zero attached hydrogens (tertiary/aromatic N) is 3. The number of aromatic nitrogens is 3. The molecule has 3 aromatic rings. The van der Waals surface area contributed by atoms with Gasteiger partial charge < -0.3 is 9.47 Å². The Bertz CT molecular complexity index is 912. The molecule has 0 saturated carbocycles. The standard InChI is InChI=1S/C18H15Cl2N3O2/c1-10-5-4-6-13(19)16(10)25-18-22-14(8-15(20)23-18)12-7-11(2)17(24-3)21-9-12/h4-9H,1-3H3. The number of benzene rings is 1. The molecule has 3 rings (SSSR count). The van der Waals surface area contributed by atoms with E-state index in [0.717, 1.165) is 16.7 Å². The summed E-state index contributed by atoms with van der Waals surface area (Å²) < 4.78 is 11.0. The molecule has 2 aromatic heterocycles. The molecule has 2 heterocycles. The number of halogens is 2. The van der Waals surface area contributed by atoms with E-state index in [0.29, 0.717) is 22.3 Å². The van der Waals surface area contributed by atoms with Crippen LogP contribution in [0.25, 0.3) is 11.3 Å². The third-order valence-electron chi connectivity index (χ3n) is 3.55. The number of methoxy groups -OCH3 is 1. The van der Waals surface area contributed by atoms with Gasteiger partial charge in [-0.15, -0.1) is 0 Å². The molecule has 0 aliphatic heterocycles. The van der Waals surface area contributed by atoms with Gasteiger partial charge in [0.2, 0.25) is 5.88 Å². The molecule has 0 unspecified atom stereocenters. The SMILES string of the molecule is COc1ncc(-c2cc(Cl)nc(Oc3c(C)cccc3Cl)n2)cc1C. The maximum Gasteiger partial charge on any atom is 0.324 e. The number of hydrogen-bond acceptors (Lipinski definition) is 5. The van der Waals surface area contributed by atoms with Gasteiger partial charge in [-0.2, -0.15) is 9.97 Å². The maximum absolute atomic E-state index is 6.19. The van der Waals surface area contributed by atoms with Crippen molar-refractivity contribution >= 4 is 23.2 Å². The van der Waals surface area contributed by atoms with Crippen LogP contribution in [0.3, 0.4) is 0 Å². The van der Waals surface area contributed by atoms with Gasteiger partial charge in [-0.1, -0.05) is 35.3 Å². The monoisotopic (exact) mass is 375 g/mol. The Kier molecular flexibility index (Phi) is 5.06. The zero-order chi connectivity index (χ0) is 18.0. The first-order valence-electron chi connectivity index (χ1n) is 7.46. The molecule has 0 saturated heterocycles. The molecular weight excluding hydrogens is 361 g/mol. The van der Waals surface area contributed by atoms with Crippen LogP contribution >= 0.6 is 23.2 Å². The number of rotatable bonds is 4. The molecule has 25 heavy (non-hydrogen) atoms. The average molecular weight is 376 g/mol. The van der Waals surface area contributed by atoms with Crippen molar-refractivity contribution in [1.82, 2.24) is 15.0 Å². The average Bonchev–Trinajstić information content (AvgIpc) is 2.58. The highest BCUT2D eigenvalue weighted by Gasteiger charge is 2.13. The molecular formula is C18H15Cl2N3O2. The first-order chi connectivity index (χ1) is 12.0. The highest BCUT2D eigenvalue weighted by atomic mass is 35.5. The zero-order valence-corrected chi connectivity index (χ0v) is 15.4. The van der Waals surface area contributed by atoms with Gasteiger partial charge in [0.25, 0.3) is 0 Å². The molecule has 5 nitrogen and oxygen atoms in total. The van der Waals surface area contributed by atoms with Crippen LogP contribution in [0.15, 0.2) is 36.5 Å². The van der Waals surface area contributed by atoms with E-state index < -0.39 is 0 Å². The van der Waals surface area contributed by atoms with E-state index in [1.165, 1.54) is 0 Å².